The van der Waals surface area contributed by atoms with Gasteiger partial charge in [-0.25, -0.2) is 0 Å². The first-order valence-corrected chi connectivity index (χ1v) is 6.26. The van der Waals surface area contributed by atoms with E-state index in [1.807, 2.05) is 24.3 Å². The normalized spacial score (nSPS) is 10.2. The second kappa shape index (κ2) is 6.00. The molecule has 0 atom stereocenters. The lowest BCUT2D eigenvalue weighted by atomic mass is 10.0. The number of para-hydroxylation sites is 1. The lowest BCUT2D eigenvalue weighted by Crippen LogP contribution is -2.15. The zero-order chi connectivity index (χ0) is 13.7. The van der Waals surface area contributed by atoms with Gasteiger partial charge in [-0.15, -0.1) is 0 Å². The van der Waals surface area contributed by atoms with Crippen LogP contribution in [0, 0.1) is 0 Å². The van der Waals surface area contributed by atoms with Crippen LogP contribution in [0.2, 0.25) is 0 Å². The summed E-state index contributed by atoms with van der Waals surface area (Å²) >= 11 is 0. The van der Waals surface area contributed by atoms with Crippen LogP contribution in [0.25, 0.3) is 0 Å². The van der Waals surface area contributed by atoms with Crippen molar-refractivity contribution in [3.63, 3.8) is 0 Å². The molecule has 1 amide bonds. The Balaban J connectivity index is 2.25. The molecule has 19 heavy (non-hydrogen) atoms. The number of aromatic nitrogens is 1. The molecule has 0 spiro atoms. The predicted octanol–water partition coefficient (Wildman–Crippen LogP) is 2.36. The Kier molecular flexibility index (Phi) is 4.13. The van der Waals surface area contributed by atoms with Crippen LogP contribution in [0.1, 0.15) is 28.4 Å². The molecule has 2 rings (SSSR count). The number of carbonyl (C=O) groups excluding carboxylic acids is 1. The standard InChI is InChI=1S/C15H17N3O/c1-2-12-4-3-5-13(15(16)19)14(12)18-10-11-6-8-17-9-7-11/h3-9,18H,2,10H2,1H3,(H2,16,19). The van der Waals surface area contributed by atoms with E-state index in [0.29, 0.717) is 12.1 Å². The quantitative estimate of drug-likeness (QED) is 0.861. The van der Waals surface area contributed by atoms with Crippen LogP contribution in [0.4, 0.5) is 5.69 Å². The van der Waals surface area contributed by atoms with Crippen molar-refractivity contribution in [2.45, 2.75) is 19.9 Å². The minimum atomic E-state index is -0.410. The number of nitrogens with one attached hydrogen (secondary N) is 1. The number of carbonyl (C=O) groups is 1. The maximum absolute atomic E-state index is 11.5. The first-order chi connectivity index (χ1) is 9.22. The summed E-state index contributed by atoms with van der Waals surface area (Å²) in [6, 6.07) is 9.48. The molecule has 4 nitrogen and oxygen atoms in total. The van der Waals surface area contributed by atoms with Gasteiger partial charge in [-0.2, -0.15) is 0 Å². The molecule has 1 aromatic heterocycles. The minimum Gasteiger partial charge on any atom is -0.380 e. The van der Waals surface area contributed by atoms with Gasteiger partial charge in [0.15, 0.2) is 0 Å². The number of primary amides is 1. The van der Waals surface area contributed by atoms with Gasteiger partial charge in [0.1, 0.15) is 0 Å². The highest BCUT2D eigenvalue weighted by Crippen LogP contribution is 2.22. The van der Waals surface area contributed by atoms with E-state index in [2.05, 4.69) is 17.2 Å². The third-order valence-electron chi connectivity index (χ3n) is 3.02. The molecule has 0 aliphatic carbocycles. The van der Waals surface area contributed by atoms with E-state index in [4.69, 9.17) is 5.73 Å². The van der Waals surface area contributed by atoms with E-state index in [1.165, 1.54) is 0 Å². The van der Waals surface area contributed by atoms with Gasteiger partial charge in [-0.05, 0) is 35.7 Å². The van der Waals surface area contributed by atoms with Crippen molar-refractivity contribution in [2.75, 3.05) is 5.32 Å². The van der Waals surface area contributed by atoms with Crippen molar-refractivity contribution in [3.8, 4) is 0 Å². The van der Waals surface area contributed by atoms with Gasteiger partial charge in [-0.1, -0.05) is 19.1 Å². The molecule has 2 aromatic rings. The molecular weight excluding hydrogens is 238 g/mol. The number of nitrogens with zero attached hydrogens (tertiary/aromatic N) is 1. The van der Waals surface area contributed by atoms with E-state index >= 15 is 0 Å². The Labute approximate surface area is 112 Å². The summed E-state index contributed by atoms with van der Waals surface area (Å²) in [4.78, 5) is 15.5. The fraction of sp³-hybridized carbons (Fsp3) is 0.200. The lowest BCUT2D eigenvalue weighted by Gasteiger charge is -2.14. The van der Waals surface area contributed by atoms with Gasteiger partial charge in [0.05, 0.1) is 11.3 Å². The van der Waals surface area contributed by atoms with Crippen LogP contribution in [0.3, 0.4) is 0 Å². The molecule has 0 fully saturated rings. The average molecular weight is 255 g/mol. The minimum absolute atomic E-state index is 0.410. The molecule has 0 aliphatic rings. The van der Waals surface area contributed by atoms with E-state index in [1.54, 1.807) is 18.5 Å². The summed E-state index contributed by atoms with van der Waals surface area (Å²) in [5.41, 5.74) is 8.98. The Bertz CT molecular complexity index is 567. The van der Waals surface area contributed by atoms with Gasteiger partial charge in [-0.3, -0.25) is 9.78 Å². The van der Waals surface area contributed by atoms with Gasteiger partial charge in [0.25, 0.3) is 5.91 Å². The second-order valence-electron chi connectivity index (χ2n) is 4.27. The van der Waals surface area contributed by atoms with E-state index in [0.717, 1.165) is 23.2 Å². The monoisotopic (exact) mass is 255 g/mol. The summed E-state index contributed by atoms with van der Waals surface area (Å²) in [6.07, 6.45) is 4.34. The Hall–Kier alpha value is -2.36. The number of pyridine rings is 1. The molecule has 0 saturated carbocycles. The van der Waals surface area contributed by atoms with Crippen molar-refractivity contribution < 1.29 is 4.79 Å². The highest BCUT2D eigenvalue weighted by Gasteiger charge is 2.11. The Morgan fingerprint density at radius 3 is 2.63 bits per heavy atom. The molecule has 4 heteroatoms. The number of benzene rings is 1. The highest BCUT2D eigenvalue weighted by atomic mass is 16.1. The number of amides is 1. The lowest BCUT2D eigenvalue weighted by molar-refractivity contribution is 0.100. The van der Waals surface area contributed by atoms with Gasteiger partial charge >= 0.3 is 0 Å². The topological polar surface area (TPSA) is 68.0 Å². The molecule has 1 heterocycles. The summed E-state index contributed by atoms with van der Waals surface area (Å²) in [7, 11) is 0. The van der Waals surface area contributed by atoms with Crippen LogP contribution >= 0.6 is 0 Å². The molecule has 3 N–H and O–H groups in total. The van der Waals surface area contributed by atoms with E-state index in [9.17, 15) is 4.79 Å². The number of hydrogen-bond acceptors (Lipinski definition) is 3. The summed E-state index contributed by atoms with van der Waals surface area (Å²) in [6.45, 7) is 2.69. The molecular formula is C15H17N3O. The fourth-order valence-electron chi connectivity index (χ4n) is 2.00. The fourth-order valence-corrected chi connectivity index (χ4v) is 2.00. The van der Waals surface area contributed by atoms with Crippen LogP contribution in [-0.4, -0.2) is 10.9 Å². The van der Waals surface area contributed by atoms with Crippen molar-refractivity contribution in [1.29, 1.82) is 0 Å². The summed E-state index contributed by atoms with van der Waals surface area (Å²) in [5, 5.41) is 3.30. The van der Waals surface area contributed by atoms with Gasteiger partial charge < -0.3 is 11.1 Å². The molecule has 0 saturated heterocycles. The first kappa shape index (κ1) is 13.1. The molecule has 0 aliphatic heterocycles. The molecule has 0 radical (unpaired) electrons. The highest BCUT2D eigenvalue weighted by molar-refractivity contribution is 5.99. The predicted molar refractivity (Wildman–Crippen MR) is 75.9 cm³/mol. The number of aryl methyl sites for hydroxylation is 1. The van der Waals surface area contributed by atoms with Crippen LogP contribution < -0.4 is 11.1 Å². The number of rotatable bonds is 5. The Morgan fingerprint density at radius 2 is 2.00 bits per heavy atom. The molecule has 98 valence electrons. The average Bonchev–Trinajstić information content (AvgIpc) is 2.45. The zero-order valence-corrected chi connectivity index (χ0v) is 10.9. The molecule has 0 bridgehead atoms. The molecule has 0 unspecified atom stereocenters. The van der Waals surface area contributed by atoms with Crippen molar-refractivity contribution in [1.82, 2.24) is 4.98 Å². The Morgan fingerprint density at radius 1 is 1.26 bits per heavy atom. The number of hydrogen-bond donors (Lipinski definition) is 2. The third-order valence-corrected chi connectivity index (χ3v) is 3.02. The number of anilines is 1. The van der Waals surface area contributed by atoms with Crippen molar-refractivity contribution in [2.24, 2.45) is 5.73 Å². The smallest absolute Gasteiger partial charge is 0.250 e. The number of nitrogens with two attached hydrogens (primary N) is 1. The zero-order valence-electron chi connectivity index (χ0n) is 10.9. The first-order valence-electron chi connectivity index (χ1n) is 6.26. The van der Waals surface area contributed by atoms with Crippen LogP contribution in [0.5, 0.6) is 0 Å². The second-order valence-corrected chi connectivity index (χ2v) is 4.27. The van der Waals surface area contributed by atoms with Crippen molar-refractivity contribution >= 4 is 11.6 Å². The van der Waals surface area contributed by atoms with Crippen molar-refractivity contribution in [3.05, 3.63) is 59.4 Å². The summed E-state index contributed by atoms with van der Waals surface area (Å²) in [5.74, 6) is -0.410. The maximum Gasteiger partial charge on any atom is 0.250 e. The third kappa shape index (κ3) is 3.10. The maximum atomic E-state index is 11.5. The van der Waals surface area contributed by atoms with Crippen LogP contribution in [-0.2, 0) is 13.0 Å². The van der Waals surface area contributed by atoms with E-state index < -0.39 is 5.91 Å². The summed E-state index contributed by atoms with van der Waals surface area (Å²) < 4.78 is 0. The van der Waals surface area contributed by atoms with Crippen LogP contribution in [0.15, 0.2) is 42.7 Å². The largest absolute Gasteiger partial charge is 0.380 e. The molecule has 1 aromatic carbocycles. The van der Waals surface area contributed by atoms with Gasteiger partial charge in [0, 0.05) is 18.9 Å². The van der Waals surface area contributed by atoms with Gasteiger partial charge in [0.2, 0.25) is 0 Å². The SMILES string of the molecule is CCc1cccc(C(N)=O)c1NCc1ccncc1. The van der Waals surface area contributed by atoms with E-state index in [-0.39, 0.29) is 0 Å².